The van der Waals surface area contributed by atoms with Gasteiger partial charge in [-0.1, -0.05) is 23.7 Å². The summed E-state index contributed by atoms with van der Waals surface area (Å²) in [4.78, 5) is 4.59. The Bertz CT molecular complexity index is 716. The molecule has 2 nitrogen and oxygen atoms in total. The van der Waals surface area contributed by atoms with Crippen molar-refractivity contribution < 1.29 is 0 Å². The van der Waals surface area contributed by atoms with Crippen molar-refractivity contribution in [2.75, 3.05) is 0 Å². The summed E-state index contributed by atoms with van der Waals surface area (Å²) in [6, 6.07) is 11.8. The van der Waals surface area contributed by atoms with Gasteiger partial charge < -0.3 is 0 Å². The Morgan fingerprint density at radius 3 is 2.61 bits per heavy atom. The van der Waals surface area contributed by atoms with Gasteiger partial charge in [-0.2, -0.15) is 0 Å². The first-order valence-electron chi connectivity index (χ1n) is 5.56. The summed E-state index contributed by atoms with van der Waals surface area (Å²) in [5.41, 5.74) is 4.15. The van der Waals surface area contributed by atoms with Gasteiger partial charge >= 0.3 is 0 Å². The van der Waals surface area contributed by atoms with Crippen molar-refractivity contribution in [3.05, 3.63) is 57.8 Å². The third-order valence-corrected chi connectivity index (χ3v) is 3.77. The van der Waals surface area contributed by atoms with Gasteiger partial charge in [0, 0.05) is 16.8 Å². The highest BCUT2D eigenvalue weighted by molar-refractivity contribution is 9.10. The van der Waals surface area contributed by atoms with Gasteiger partial charge in [-0.05, 0) is 47.1 Å². The molecule has 0 amide bonds. The van der Waals surface area contributed by atoms with Crippen LogP contribution in [0.3, 0.4) is 0 Å². The minimum absolute atomic E-state index is 0.742. The monoisotopic (exact) mass is 320 g/mol. The lowest BCUT2D eigenvalue weighted by atomic mass is 10.1. The molecule has 0 saturated heterocycles. The standard InChI is InChI=1S/C14H10BrClN2/c1-9-13(10-4-6-11(16)7-5-10)18-8-2-3-12(15)14(18)17-9/h2-8H,1H3. The maximum atomic E-state index is 5.93. The molecule has 0 saturated carbocycles. The van der Waals surface area contributed by atoms with E-state index in [-0.39, 0.29) is 0 Å². The fraction of sp³-hybridized carbons (Fsp3) is 0.0714. The van der Waals surface area contributed by atoms with Crippen LogP contribution in [0.25, 0.3) is 16.9 Å². The molecule has 18 heavy (non-hydrogen) atoms. The quantitative estimate of drug-likeness (QED) is 0.633. The zero-order valence-electron chi connectivity index (χ0n) is 9.69. The maximum absolute atomic E-state index is 5.93. The molecule has 3 rings (SSSR count). The van der Waals surface area contributed by atoms with Crippen LogP contribution in [0.5, 0.6) is 0 Å². The van der Waals surface area contributed by atoms with E-state index in [1.807, 2.05) is 49.5 Å². The van der Waals surface area contributed by atoms with Crippen molar-refractivity contribution in [3.63, 3.8) is 0 Å². The predicted octanol–water partition coefficient (Wildman–Crippen LogP) is 4.73. The van der Waals surface area contributed by atoms with Crippen molar-refractivity contribution >= 4 is 33.2 Å². The van der Waals surface area contributed by atoms with E-state index in [1.165, 1.54) is 0 Å². The number of fused-ring (bicyclic) bond motifs is 1. The molecular formula is C14H10BrClN2. The normalized spacial score (nSPS) is 11.1. The summed E-state index contributed by atoms with van der Waals surface area (Å²) >= 11 is 9.45. The number of hydrogen-bond donors (Lipinski definition) is 0. The van der Waals surface area contributed by atoms with Crippen LogP contribution in [-0.4, -0.2) is 9.38 Å². The summed E-state index contributed by atoms with van der Waals surface area (Å²) in [6.07, 6.45) is 2.02. The number of pyridine rings is 1. The van der Waals surface area contributed by atoms with E-state index in [9.17, 15) is 0 Å². The second kappa shape index (κ2) is 4.41. The molecule has 0 unspecified atom stereocenters. The van der Waals surface area contributed by atoms with Crippen LogP contribution in [0.4, 0.5) is 0 Å². The fourth-order valence-corrected chi connectivity index (χ4v) is 2.66. The molecule has 0 aliphatic carbocycles. The number of rotatable bonds is 1. The van der Waals surface area contributed by atoms with E-state index in [2.05, 4.69) is 25.3 Å². The summed E-state index contributed by atoms with van der Waals surface area (Å²) in [5, 5.41) is 0.742. The highest BCUT2D eigenvalue weighted by Crippen LogP contribution is 2.28. The Kier molecular flexibility index (Phi) is 2.88. The molecule has 0 aliphatic rings. The Balaban J connectivity index is 2.32. The zero-order chi connectivity index (χ0) is 12.7. The van der Waals surface area contributed by atoms with E-state index in [0.717, 1.165) is 32.1 Å². The van der Waals surface area contributed by atoms with Gasteiger partial charge in [0.25, 0.3) is 0 Å². The van der Waals surface area contributed by atoms with Crippen molar-refractivity contribution in [2.24, 2.45) is 0 Å². The van der Waals surface area contributed by atoms with Crippen molar-refractivity contribution in [3.8, 4) is 11.3 Å². The maximum Gasteiger partial charge on any atom is 0.151 e. The molecule has 2 heterocycles. The highest BCUT2D eigenvalue weighted by Gasteiger charge is 2.12. The van der Waals surface area contributed by atoms with Gasteiger partial charge in [-0.3, -0.25) is 4.40 Å². The molecule has 0 aliphatic heterocycles. The van der Waals surface area contributed by atoms with Gasteiger partial charge in [-0.25, -0.2) is 4.98 Å². The SMILES string of the molecule is Cc1nc2c(Br)cccn2c1-c1ccc(Cl)cc1. The van der Waals surface area contributed by atoms with E-state index < -0.39 is 0 Å². The van der Waals surface area contributed by atoms with Crippen molar-refractivity contribution in [2.45, 2.75) is 6.92 Å². The van der Waals surface area contributed by atoms with E-state index in [4.69, 9.17) is 11.6 Å². The van der Waals surface area contributed by atoms with Gasteiger partial charge in [0.05, 0.1) is 15.9 Å². The minimum atomic E-state index is 0.742. The molecular weight excluding hydrogens is 312 g/mol. The fourth-order valence-electron chi connectivity index (χ4n) is 2.10. The molecule has 0 bridgehead atoms. The molecule has 1 aromatic carbocycles. The zero-order valence-corrected chi connectivity index (χ0v) is 12.0. The Labute approximate surface area is 118 Å². The first kappa shape index (κ1) is 11.8. The second-order valence-corrected chi connectivity index (χ2v) is 5.39. The lowest BCUT2D eigenvalue weighted by molar-refractivity contribution is 1.18. The average molecular weight is 322 g/mol. The van der Waals surface area contributed by atoms with Crippen LogP contribution >= 0.6 is 27.5 Å². The topological polar surface area (TPSA) is 17.3 Å². The first-order chi connectivity index (χ1) is 8.66. The highest BCUT2D eigenvalue weighted by atomic mass is 79.9. The summed E-state index contributed by atoms with van der Waals surface area (Å²) < 4.78 is 3.08. The number of imidazole rings is 1. The van der Waals surface area contributed by atoms with Crippen LogP contribution in [0.15, 0.2) is 47.1 Å². The predicted molar refractivity (Wildman–Crippen MR) is 78.1 cm³/mol. The summed E-state index contributed by atoms with van der Waals surface area (Å²) in [6.45, 7) is 2.02. The molecule has 90 valence electrons. The smallest absolute Gasteiger partial charge is 0.151 e. The molecule has 0 radical (unpaired) electrons. The lowest BCUT2D eigenvalue weighted by Crippen LogP contribution is -1.89. The first-order valence-corrected chi connectivity index (χ1v) is 6.73. The number of hydrogen-bond acceptors (Lipinski definition) is 1. The van der Waals surface area contributed by atoms with Crippen molar-refractivity contribution in [1.29, 1.82) is 0 Å². The largest absolute Gasteiger partial charge is 0.298 e. The van der Waals surface area contributed by atoms with Crippen LogP contribution in [0.1, 0.15) is 5.69 Å². The average Bonchev–Trinajstić information content (AvgIpc) is 2.69. The molecule has 2 aromatic heterocycles. The third kappa shape index (κ3) is 1.84. The number of aromatic nitrogens is 2. The van der Waals surface area contributed by atoms with Crippen LogP contribution < -0.4 is 0 Å². The minimum Gasteiger partial charge on any atom is -0.298 e. The molecule has 4 heteroatoms. The van der Waals surface area contributed by atoms with E-state index in [0.29, 0.717) is 0 Å². The van der Waals surface area contributed by atoms with Crippen LogP contribution in [-0.2, 0) is 0 Å². The Morgan fingerprint density at radius 1 is 1.17 bits per heavy atom. The van der Waals surface area contributed by atoms with Gasteiger partial charge in [0.2, 0.25) is 0 Å². The molecule has 0 atom stereocenters. The van der Waals surface area contributed by atoms with Gasteiger partial charge in [0.15, 0.2) is 5.65 Å². The van der Waals surface area contributed by atoms with E-state index >= 15 is 0 Å². The van der Waals surface area contributed by atoms with Crippen LogP contribution in [0, 0.1) is 6.92 Å². The molecule has 3 aromatic rings. The molecule has 0 fully saturated rings. The second-order valence-electron chi connectivity index (χ2n) is 4.10. The number of halogens is 2. The lowest BCUT2D eigenvalue weighted by Gasteiger charge is -2.04. The third-order valence-electron chi connectivity index (χ3n) is 2.89. The number of benzene rings is 1. The summed E-state index contributed by atoms with van der Waals surface area (Å²) in [5.74, 6) is 0. The van der Waals surface area contributed by atoms with Crippen molar-refractivity contribution in [1.82, 2.24) is 9.38 Å². The van der Waals surface area contributed by atoms with Gasteiger partial charge in [0.1, 0.15) is 0 Å². The van der Waals surface area contributed by atoms with E-state index in [1.54, 1.807) is 0 Å². The van der Waals surface area contributed by atoms with Crippen LogP contribution in [0.2, 0.25) is 5.02 Å². The molecule has 0 spiro atoms. The molecule has 0 N–H and O–H groups in total. The summed E-state index contributed by atoms with van der Waals surface area (Å²) in [7, 11) is 0. The number of aryl methyl sites for hydroxylation is 1. The number of nitrogens with zero attached hydrogens (tertiary/aromatic N) is 2. The Hall–Kier alpha value is -1.32. The van der Waals surface area contributed by atoms with Gasteiger partial charge in [-0.15, -0.1) is 0 Å². The Morgan fingerprint density at radius 2 is 1.89 bits per heavy atom.